The van der Waals surface area contributed by atoms with Gasteiger partial charge in [0.1, 0.15) is 12.4 Å². The molecule has 1 aliphatic rings. The number of halogens is 2. The van der Waals surface area contributed by atoms with Gasteiger partial charge in [-0.1, -0.05) is 24.3 Å². The molecule has 0 aliphatic carbocycles. The first-order valence-electron chi connectivity index (χ1n) is 7.32. The summed E-state index contributed by atoms with van der Waals surface area (Å²) in [7, 11) is 0. The fourth-order valence-corrected chi connectivity index (χ4v) is 2.36. The molecule has 1 aromatic rings. The summed E-state index contributed by atoms with van der Waals surface area (Å²) < 4.78 is 10.8. The quantitative estimate of drug-likeness (QED) is 0.758. The van der Waals surface area contributed by atoms with Crippen LogP contribution in [0.3, 0.4) is 0 Å². The van der Waals surface area contributed by atoms with Gasteiger partial charge in [0.25, 0.3) is 5.91 Å². The van der Waals surface area contributed by atoms with Gasteiger partial charge in [0.15, 0.2) is 0 Å². The highest BCUT2D eigenvalue weighted by Crippen LogP contribution is 2.23. The first-order chi connectivity index (χ1) is 10.7. The van der Waals surface area contributed by atoms with Crippen molar-refractivity contribution in [2.75, 3.05) is 46.0 Å². The van der Waals surface area contributed by atoms with Gasteiger partial charge in [-0.2, -0.15) is 0 Å². The summed E-state index contributed by atoms with van der Waals surface area (Å²) in [6.45, 7) is 8.65. The average molecular weight is 361 g/mol. The van der Waals surface area contributed by atoms with E-state index in [1.54, 1.807) is 24.3 Å². The molecule has 5 nitrogen and oxygen atoms in total. The van der Waals surface area contributed by atoms with Crippen molar-refractivity contribution >= 4 is 29.9 Å². The summed E-state index contributed by atoms with van der Waals surface area (Å²) in [6.07, 6.45) is 1.63. The first-order valence-corrected chi connectivity index (χ1v) is 7.70. The third kappa shape index (κ3) is 6.39. The highest BCUT2D eigenvalue weighted by molar-refractivity contribution is 6.30. The van der Waals surface area contributed by atoms with Crippen molar-refractivity contribution in [1.29, 1.82) is 0 Å². The molecule has 0 bridgehead atoms. The van der Waals surface area contributed by atoms with Gasteiger partial charge in [0.2, 0.25) is 0 Å². The molecular formula is C16H22Cl2N2O3. The summed E-state index contributed by atoms with van der Waals surface area (Å²) in [5, 5.41) is 3.44. The monoisotopic (exact) mass is 360 g/mol. The molecule has 128 valence electrons. The van der Waals surface area contributed by atoms with E-state index in [2.05, 4.69) is 16.8 Å². The second kappa shape index (κ2) is 10.5. The number of benzene rings is 1. The van der Waals surface area contributed by atoms with Gasteiger partial charge in [0.05, 0.1) is 18.8 Å². The van der Waals surface area contributed by atoms with Gasteiger partial charge in [-0.3, -0.25) is 9.69 Å². The van der Waals surface area contributed by atoms with Crippen molar-refractivity contribution in [2.24, 2.45) is 0 Å². The zero-order valence-electron chi connectivity index (χ0n) is 12.9. The molecule has 1 N–H and O–H groups in total. The summed E-state index contributed by atoms with van der Waals surface area (Å²) in [6, 6.07) is 4.99. The van der Waals surface area contributed by atoms with E-state index in [0.29, 0.717) is 29.5 Å². The fourth-order valence-electron chi connectivity index (χ4n) is 2.20. The van der Waals surface area contributed by atoms with Crippen molar-refractivity contribution in [1.82, 2.24) is 10.2 Å². The maximum Gasteiger partial charge on any atom is 0.255 e. The van der Waals surface area contributed by atoms with Crippen LogP contribution < -0.4 is 10.1 Å². The number of nitrogens with zero attached hydrogens (tertiary/aromatic N) is 1. The Balaban J connectivity index is 0.00000264. The average Bonchev–Trinajstić information content (AvgIpc) is 2.54. The molecule has 0 saturated carbocycles. The Bertz CT molecular complexity index is 520. The Labute approximate surface area is 148 Å². The van der Waals surface area contributed by atoms with Crippen LogP contribution in [0.5, 0.6) is 5.75 Å². The molecule has 2 rings (SSSR count). The molecule has 0 unspecified atom stereocenters. The zero-order chi connectivity index (χ0) is 15.8. The third-order valence-electron chi connectivity index (χ3n) is 3.36. The predicted octanol–water partition coefficient (Wildman–Crippen LogP) is 2.39. The Morgan fingerprint density at radius 3 is 2.87 bits per heavy atom. The van der Waals surface area contributed by atoms with E-state index < -0.39 is 0 Å². The van der Waals surface area contributed by atoms with Gasteiger partial charge in [0, 0.05) is 31.2 Å². The van der Waals surface area contributed by atoms with Gasteiger partial charge >= 0.3 is 0 Å². The van der Waals surface area contributed by atoms with Crippen LogP contribution in [0.4, 0.5) is 0 Å². The topological polar surface area (TPSA) is 50.8 Å². The second-order valence-electron chi connectivity index (χ2n) is 4.95. The molecule has 1 amide bonds. The van der Waals surface area contributed by atoms with Crippen molar-refractivity contribution < 1.29 is 14.3 Å². The number of hydrogen-bond donors (Lipinski definition) is 1. The standard InChI is InChI=1S/C16H21ClN2O3.ClH/c1-2-9-22-15-12-13(17)3-4-14(15)16(20)18-5-6-19-7-10-21-11-8-19;/h2-4,12H,1,5-11H2,(H,18,20);1H. The Kier molecular flexibility index (Phi) is 9.02. The van der Waals surface area contributed by atoms with Crippen LogP contribution in [0.1, 0.15) is 10.4 Å². The van der Waals surface area contributed by atoms with Crippen LogP contribution in [-0.4, -0.2) is 56.8 Å². The Hall–Kier alpha value is -1.27. The van der Waals surface area contributed by atoms with Crippen LogP contribution in [-0.2, 0) is 4.74 Å². The smallest absolute Gasteiger partial charge is 0.255 e. The van der Waals surface area contributed by atoms with E-state index in [1.165, 1.54) is 0 Å². The van der Waals surface area contributed by atoms with Crippen LogP contribution in [0.25, 0.3) is 0 Å². The highest BCUT2D eigenvalue weighted by Gasteiger charge is 2.14. The summed E-state index contributed by atoms with van der Waals surface area (Å²) >= 11 is 5.95. The fraction of sp³-hybridized carbons (Fsp3) is 0.438. The molecule has 0 radical (unpaired) electrons. The number of rotatable bonds is 7. The number of morpholine rings is 1. The van der Waals surface area contributed by atoms with Gasteiger partial charge in [-0.15, -0.1) is 12.4 Å². The SMILES string of the molecule is C=CCOc1cc(Cl)ccc1C(=O)NCCN1CCOCC1.Cl. The molecule has 1 aliphatic heterocycles. The lowest BCUT2D eigenvalue weighted by Gasteiger charge is -2.26. The molecule has 7 heteroatoms. The number of nitrogens with one attached hydrogen (secondary N) is 1. The van der Waals surface area contributed by atoms with E-state index in [1.807, 2.05) is 0 Å². The van der Waals surface area contributed by atoms with E-state index in [4.69, 9.17) is 21.1 Å². The molecule has 23 heavy (non-hydrogen) atoms. The van der Waals surface area contributed by atoms with Crippen LogP contribution >= 0.6 is 24.0 Å². The number of carbonyl (C=O) groups is 1. The minimum absolute atomic E-state index is 0. The van der Waals surface area contributed by atoms with Crippen molar-refractivity contribution in [3.63, 3.8) is 0 Å². The normalized spacial score (nSPS) is 14.7. The minimum atomic E-state index is -0.163. The molecule has 1 fully saturated rings. The molecule has 1 aromatic carbocycles. The zero-order valence-corrected chi connectivity index (χ0v) is 14.5. The Morgan fingerprint density at radius 1 is 1.43 bits per heavy atom. The van der Waals surface area contributed by atoms with Gasteiger partial charge in [-0.05, 0) is 18.2 Å². The molecular weight excluding hydrogens is 339 g/mol. The number of ether oxygens (including phenoxy) is 2. The number of amides is 1. The van der Waals surface area contributed by atoms with Crippen LogP contribution in [0.2, 0.25) is 5.02 Å². The molecule has 1 saturated heterocycles. The predicted molar refractivity (Wildman–Crippen MR) is 94.0 cm³/mol. The minimum Gasteiger partial charge on any atom is -0.489 e. The first kappa shape index (κ1) is 19.8. The highest BCUT2D eigenvalue weighted by atomic mass is 35.5. The molecule has 0 spiro atoms. The number of hydrogen-bond acceptors (Lipinski definition) is 4. The van der Waals surface area contributed by atoms with Crippen molar-refractivity contribution in [3.05, 3.63) is 41.4 Å². The van der Waals surface area contributed by atoms with E-state index >= 15 is 0 Å². The Morgan fingerprint density at radius 2 is 2.17 bits per heavy atom. The summed E-state index contributed by atoms with van der Waals surface area (Å²) in [5.74, 6) is 0.306. The van der Waals surface area contributed by atoms with Crippen molar-refractivity contribution in [3.8, 4) is 5.75 Å². The number of carbonyl (C=O) groups excluding carboxylic acids is 1. The van der Waals surface area contributed by atoms with Gasteiger partial charge < -0.3 is 14.8 Å². The van der Waals surface area contributed by atoms with E-state index in [0.717, 1.165) is 32.8 Å². The second-order valence-corrected chi connectivity index (χ2v) is 5.39. The van der Waals surface area contributed by atoms with E-state index in [-0.39, 0.29) is 18.3 Å². The lowest BCUT2D eigenvalue weighted by Crippen LogP contribution is -2.41. The van der Waals surface area contributed by atoms with Gasteiger partial charge in [-0.25, -0.2) is 0 Å². The lowest BCUT2D eigenvalue weighted by molar-refractivity contribution is 0.0383. The third-order valence-corrected chi connectivity index (χ3v) is 3.60. The maximum absolute atomic E-state index is 12.3. The summed E-state index contributed by atoms with van der Waals surface area (Å²) in [4.78, 5) is 14.5. The van der Waals surface area contributed by atoms with Crippen molar-refractivity contribution in [2.45, 2.75) is 0 Å². The van der Waals surface area contributed by atoms with E-state index in [9.17, 15) is 4.79 Å². The molecule has 0 aromatic heterocycles. The van der Waals surface area contributed by atoms with Crippen LogP contribution in [0.15, 0.2) is 30.9 Å². The summed E-state index contributed by atoms with van der Waals surface area (Å²) in [5.41, 5.74) is 0.480. The maximum atomic E-state index is 12.3. The molecule has 1 heterocycles. The lowest BCUT2D eigenvalue weighted by atomic mass is 10.2. The molecule has 0 atom stereocenters. The van der Waals surface area contributed by atoms with Crippen LogP contribution in [0, 0.1) is 0 Å². The largest absolute Gasteiger partial charge is 0.489 e.